The predicted molar refractivity (Wildman–Crippen MR) is 172 cm³/mol. The minimum atomic E-state index is -2.92. The van der Waals surface area contributed by atoms with Crippen LogP contribution in [0.2, 0.25) is 10.1 Å². The van der Waals surface area contributed by atoms with Gasteiger partial charge in [0.25, 0.3) is 8.32 Å². The SMILES string of the molecule is C[C@@H]1CN(c2c(CO[Si](c3ccccc3)(c3ccccc3)C(C)(C)C)cc(-c3cnc(C=O)nc3)c(F)c2Cl)C[C@H](C)O1. The molecule has 0 unspecified atom stereocenters. The van der Waals surface area contributed by atoms with Crippen molar-refractivity contribution in [3.05, 3.63) is 101 Å². The molecule has 0 bridgehead atoms. The van der Waals surface area contributed by atoms with Gasteiger partial charge in [0.15, 0.2) is 17.9 Å². The van der Waals surface area contributed by atoms with E-state index in [0.29, 0.717) is 30.6 Å². The van der Waals surface area contributed by atoms with E-state index in [0.717, 1.165) is 15.9 Å². The average molecular weight is 618 g/mol. The quantitative estimate of drug-likeness (QED) is 0.168. The van der Waals surface area contributed by atoms with E-state index in [9.17, 15) is 4.79 Å². The number of anilines is 1. The van der Waals surface area contributed by atoms with Crippen LogP contribution in [0.25, 0.3) is 11.1 Å². The smallest absolute Gasteiger partial charge is 0.261 e. The van der Waals surface area contributed by atoms with Crippen molar-refractivity contribution < 1.29 is 18.3 Å². The van der Waals surface area contributed by atoms with Gasteiger partial charge in [-0.1, -0.05) is 93.0 Å². The molecule has 2 heterocycles. The first-order valence-corrected chi connectivity index (χ1v) is 16.8. The second-order valence-electron chi connectivity index (χ2n) is 12.1. The number of nitrogens with zero attached hydrogens (tertiary/aromatic N) is 3. The van der Waals surface area contributed by atoms with Crippen molar-refractivity contribution in [2.75, 3.05) is 18.0 Å². The van der Waals surface area contributed by atoms with Gasteiger partial charge in [0.05, 0.1) is 24.5 Å². The number of carbonyl (C=O) groups is 1. The molecule has 3 aromatic carbocycles. The number of ether oxygens (including phenoxy) is 1. The van der Waals surface area contributed by atoms with E-state index in [-0.39, 0.29) is 40.3 Å². The number of morpholine rings is 1. The summed E-state index contributed by atoms with van der Waals surface area (Å²) in [6.07, 6.45) is 3.32. The van der Waals surface area contributed by atoms with Crippen LogP contribution in [0.4, 0.5) is 10.1 Å². The second-order valence-corrected chi connectivity index (χ2v) is 16.8. The van der Waals surface area contributed by atoms with Crippen LogP contribution in [0, 0.1) is 5.82 Å². The molecule has 1 saturated heterocycles. The average Bonchev–Trinajstić information content (AvgIpc) is 2.99. The van der Waals surface area contributed by atoms with Gasteiger partial charge in [-0.15, -0.1) is 0 Å². The Bertz CT molecular complexity index is 1520. The number of carbonyl (C=O) groups excluding carboxylic acids is 1. The number of hydrogen-bond donors (Lipinski definition) is 0. The van der Waals surface area contributed by atoms with Crippen LogP contribution in [0.5, 0.6) is 0 Å². The van der Waals surface area contributed by atoms with Crippen molar-refractivity contribution in [3.63, 3.8) is 0 Å². The lowest BCUT2D eigenvalue weighted by molar-refractivity contribution is -0.00532. The van der Waals surface area contributed by atoms with E-state index in [4.69, 9.17) is 20.8 Å². The third kappa shape index (κ3) is 6.15. The Balaban J connectivity index is 1.68. The fraction of sp³-hybridized carbons (Fsp3) is 0.324. The van der Waals surface area contributed by atoms with E-state index in [1.807, 2.05) is 50.2 Å². The summed E-state index contributed by atoms with van der Waals surface area (Å²) in [7, 11) is -2.92. The Labute approximate surface area is 259 Å². The van der Waals surface area contributed by atoms with Gasteiger partial charge < -0.3 is 14.1 Å². The topological polar surface area (TPSA) is 64.5 Å². The lowest BCUT2D eigenvalue weighted by Gasteiger charge is -2.43. The van der Waals surface area contributed by atoms with Crippen LogP contribution in [0.3, 0.4) is 0 Å². The zero-order chi connectivity index (χ0) is 30.8. The summed E-state index contributed by atoms with van der Waals surface area (Å²) in [6.45, 7) is 12.0. The van der Waals surface area contributed by atoms with Crippen LogP contribution < -0.4 is 15.3 Å². The first-order valence-electron chi connectivity index (χ1n) is 14.5. The Morgan fingerprint density at radius 2 is 1.53 bits per heavy atom. The molecule has 0 saturated carbocycles. The highest BCUT2D eigenvalue weighted by Gasteiger charge is 2.50. The summed E-state index contributed by atoms with van der Waals surface area (Å²) >= 11 is 6.92. The number of aldehydes is 1. The molecular weight excluding hydrogens is 581 g/mol. The maximum absolute atomic E-state index is 16.1. The standard InChI is InChI=1S/C34H37ClFN3O3Si/c1-23-19-39(20-24(2)42-23)33-25(16-29(32(36)31(33)35)26-17-37-30(21-40)38-18-26)22-41-43(34(3,4)5,27-12-8-6-9-13-27)28-14-10-7-11-15-28/h6-18,21,23-24H,19-20,22H2,1-5H3/t23-,24+. The van der Waals surface area contributed by atoms with E-state index < -0.39 is 14.1 Å². The van der Waals surface area contributed by atoms with Gasteiger partial charge in [-0.05, 0) is 35.3 Å². The fourth-order valence-corrected chi connectivity index (χ4v) is 11.0. The van der Waals surface area contributed by atoms with Crippen molar-refractivity contribution in [1.82, 2.24) is 9.97 Å². The maximum Gasteiger partial charge on any atom is 0.261 e. The summed E-state index contributed by atoms with van der Waals surface area (Å²) in [4.78, 5) is 21.4. The van der Waals surface area contributed by atoms with Gasteiger partial charge in [-0.25, -0.2) is 14.4 Å². The molecule has 6 nitrogen and oxygen atoms in total. The van der Waals surface area contributed by atoms with Gasteiger partial charge in [0, 0.05) is 42.2 Å². The molecule has 2 atom stereocenters. The summed E-state index contributed by atoms with van der Waals surface area (Å²) in [5.41, 5.74) is 2.04. The first-order chi connectivity index (χ1) is 20.5. The third-order valence-electron chi connectivity index (χ3n) is 7.94. The third-order valence-corrected chi connectivity index (χ3v) is 13.3. The van der Waals surface area contributed by atoms with Crippen LogP contribution in [-0.2, 0) is 15.8 Å². The zero-order valence-electron chi connectivity index (χ0n) is 25.2. The lowest BCUT2D eigenvalue weighted by atomic mass is 10.0. The summed E-state index contributed by atoms with van der Waals surface area (Å²) in [5, 5.41) is 2.06. The lowest BCUT2D eigenvalue weighted by Crippen LogP contribution is -2.66. The molecule has 1 aromatic heterocycles. The molecule has 0 amide bonds. The normalized spacial score (nSPS) is 17.6. The van der Waals surface area contributed by atoms with Crippen molar-refractivity contribution in [3.8, 4) is 11.1 Å². The zero-order valence-corrected chi connectivity index (χ0v) is 26.9. The first kappa shape index (κ1) is 31.0. The summed E-state index contributed by atoms with van der Waals surface area (Å²) in [5.74, 6) is -0.543. The van der Waals surface area contributed by atoms with E-state index in [2.05, 4.69) is 59.9 Å². The van der Waals surface area contributed by atoms with Gasteiger partial charge in [-0.3, -0.25) is 4.79 Å². The summed E-state index contributed by atoms with van der Waals surface area (Å²) in [6, 6.07) is 22.6. The maximum atomic E-state index is 16.1. The van der Waals surface area contributed by atoms with E-state index in [1.165, 1.54) is 12.4 Å². The molecule has 1 aliphatic heterocycles. The number of benzene rings is 3. The number of aromatic nitrogens is 2. The highest BCUT2D eigenvalue weighted by molar-refractivity contribution is 6.99. The molecule has 224 valence electrons. The number of hydrogen-bond acceptors (Lipinski definition) is 6. The van der Waals surface area contributed by atoms with Crippen molar-refractivity contribution in [2.24, 2.45) is 0 Å². The Morgan fingerprint density at radius 1 is 1.00 bits per heavy atom. The molecule has 4 aromatic rings. The Kier molecular flexibility index (Phi) is 9.13. The highest BCUT2D eigenvalue weighted by atomic mass is 35.5. The number of rotatable bonds is 8. The molecule has 9 heteroatoms. The van der Waals surface area contributed by atoms with Crippen LogP contribution in [0.1, 0.15) is 50.8 Å². The Morgan fingerprint density at radius 3 is 2.02 bits per heavy atom. The molecule has 0 N–H and O–H groups in total. The molecule has 1 aliphatic rings. The van der Waals surface area contributed by atoms with Gasteiger partial charge in [-0.2, -0.15) is 0 Å². The van der Waals surface area contributed by atoms with Gasteiger partial charge >= 0.3 is 0 Å². The second kappa shape index (κ2) is 12.7. The molecular formula is C34H37ClFN3O3Si. The van der Waals surface area contributed by atoms with Crippen molar-refractivity contribution in [2.45, 2.75) is 58.5 Å². The van der Waals surface area contributed by atoms with E-state index >= 15 is 4.39 Å². The van der Waals surface area contributed by atoms with Crippen molar-refractivity contribution in [1.29, 1.82) is 0 Å². The predicted octanol–water partition coefficient (Wildman–Crippen LogP) is 6.44. The highest BCUT2D eigenvalue weighted by Crippen LogP contribution is 2.42. The van der Waals surface area contributed by atoms with Crippen molar-refractivity contribution >= 4 is 42.3 Å². The minimum Gasteiger partial charge on any atom is -0.403 e. The molecule has 5 rings (SSSR count). The molecule has 0 radical (unpaired) electrons. The van der Waals surface area contributed by atoms with Crippen LogP contribution >= 0.6 is 11.6 Å². The van der Waals surface area contributed by atoms with E-state index in [1.54, 1.807) is 6.07 Å². The molecule has 1 fully saturated rings. The van der Waals surface area contributed by atoms with Gasteiger partial charge in [0.1, 0.15) is 5.02 Å². The summed E-state index contributed by atoms with van der Waals surface area (Å²) < 4.78 is 29.4. The number of halogens is 2. The monoisotopic (exact) mass is 617 g/mol. The molecule has 0 aliphatic carbocycles. The van der Waals surface area contributed by atoms with Crippen LogP contribution in [-0.4, -0.2) is 49.9 Å². The fourth-order valence-electron chi connectivity index (χ4n) is 6.18. The Hall–Kier alpha value is -3.43. The largest absolute Gasteiger partial charge is 0.403 e. The van der Waals surface area contributed by atoms with Gasteiger partial charge in [0.2, 0.25) is 0 Å². The van der Waals surface area contributed by atoms with Crippen LogP contribution in [0.15, 0.2) is 79.1 Å². The molecule has 43 heavy (non-hydrogen) atoms. The minimum absolute atomic E-state index is 0.0133. The molecule has 0 spiro atoms.